The van der Waals surface area contributed by atoms with Crippen LogP contribution in [0.4, 0.5) is 0 Å². The number of aromatic carboxylic acids is 1. The highest BCUT2D eigenvalue weighted by Gasteiger charge is 2.25. The van der Waals surface area contributed by atoms with Crippen LogP contribution in [0.1, 0.15) is 28.8 Å². The predicted molar refractivity (Wildman–Crippen MR) is 54.9 cm³/mol. The number of benzene rings is 1. The van der Waals surface area contributed by atoms with E-state index in [1.165, 1.54) is 0 Å². The molecule has 0 atom stereocenters. The van der Waals surface area contributed by atoms with Crippen molar-refractivity contribution in [3.05, 3.63) is 29.3 Å². The second-order valence-electron chi connectivity index (χ2n) is 3.66. The van der Waals surface area contributed by atoms with E-state index >= 15 is 0 Å². The summed E-state index contributed by atoms with van der Waals surface area (Å²) in [7, 11) is 0. The van der Waals surface area contributed by atoms with E-state index < -0.39 is 5.97 Å². The van der Waals surface area contributed by atoms with Gasteiger partial charge in [0.05, 0.1) is 6.10 Å². The third-order valence-electron chi connectivity index (χ3n) is 2.33. The van der Waals surface area contributed by atoms with Crippen molar-refractivity contribution in [3.8, 4) is 5.75 Å². The molecular formula is C11H13NO3. The molecule has 3 N–H and O–H groups in total. The van der Waals surface area contributed by atoms with Gasteiger partial charge in [-0.25, -0.2) is 4.79 Å². The quantitative estimate of drug-likeness (QED) is 0.782. The van der Waals surface area contributed by atoms with Gasteiger partial charge in [0.2, 0.25) is 0 Å². The Hall–Kier alpha value is -1.55. The highest BCUT2D eigenvalue weighted by atomic mass is 16.5. The van der Waals surface area contributed by atoms with E-state index in [1.54, 1.807) is 18.2 Å². The van der Waals surface area contributed by atoms with Gasteiger partial charge in [-0.1, -0.05) is 6.07 Å². The van der Waals surface area contributed by atoms with Crippen molar-refractivity contribution in [1.82, 2.24) is 0 Å². The first-order valence-electron chi connectivity index (χ1n) is 4.93. The van der Waals surface area contributed by atoms with Crippen LogP contribution in [-0.2, 0) is 6.54 Å². The molecule has 15 heavy (non-hydrogen) atoms. The molecule has 1 aliphatic rings. The largest absolute Gasteiger partial charge is 0.490 e. The average Bonchev–Trinajstić information content (AvgIpc) is 3.02. The summed E-state index contributed by atoms with van der Waals surface area (Å²) in [5.74, 6) is -0.525. The maximum Gasteiger partial charge on any atom is 0.339 e. The summed E-state index contributed by atoms with van der Waals surface area (Å²) in [5, 5.41) is 9.00. The Kier molecular flexibility index (Phi) is 2.60. The van der Waals surface area contributed by atoms with Crippen LogP contribution in [0.5, 0.6) is 5.75 Å². The summed E-state index contributed by atoms with van der Waals surface area (Å²) in [6, 6.07) is 5.05. The first-order valence-corrected chi connectivity index (χ1v) is 4.93. The maximum atomic E-state index is 11.0. The standard InChI is InChI=1S/C11H13NO3/c12-6-7-1-4-10(15-8-2-3-8)9(5-7)11(13)14/h1,4-5,8H,2-3,6,12H2,(H,13,14). The van der Waals surface area contributed by atoms with Gasteiger partial charge < -0.3 is 15.6 Å². The number of nitrogens with two attached hydrogens (primary N) is 1. The van der Waals surface area contributed by atoms with Gasteiger partial charge in [-0.15, -0.1) is 0 Å². The maximum absolute atomic E-state index is 11.0. The molecule has 1 aromatic carbocycles. The number of carbonyl (C=O) groups is 1. The molecule has 0 bridgehead atoms. The molecule has 1 aromatic rings. The van der Waals surface area contributed by atoms with Crippen LogP contribution < -0.4 is 10.5 Å². The highest BCUT2D eigenvalue weighted by molar-refractivity contribution is 5.91. The van der Waals surface area contributed by atoms with E-state index in [-0.39, 0.29) is 11.7 Å². The topological polar surface area (TPSA) is 72.5 Å². The molecule has 0 amide bonds. The normalized spacial score (nSPS) is 15.0. The molecule has 4 heteroatoms. The summed E-state index contributed by atoms with van der Waals surface area (Å²) >= 11 is 0. The number of carboxylic acids is 1. The summed E-state index contributed by atoms with van der Waals surface area (Å²) in [4.78, 5) is 11.0. The van der Waals surface area contributed by atoms with Crippen molar-refractivity contribution >= 4 is 5.97 Å². The van der Waals surface area contributed by atoms with Crippen LogP contribution in [0.2, 0.25) is 0 Å². The highest BCUT2D eigenvalue weighted by Crippen LogP contribution is 2.29. The van der Waals surface area contributed by atoms with E-state index in [9.17, 15) is 4.79 Å². The van der Waals surface area contributed by atoms with Crippen LogP contribution in [-0.4, -0.2) is 17.2 Å². The molecule has 0 unspecified atom stereocenters. The van der Waals surface area contributed by atoms with Crippen molar-refractivity contribution in [3.63, 3.8) is 0 Å². The average molecular weight is 207 g/mol. The van der Waals surface area contributed by atoms with E-state index in [4.69, 9.17) is 15.6 Å². The van der Waals surface area contributed by atoms with Gasteiger partial charge in [-0.05, 0) is 30.5 Å². The van der Waals surface area contributed by atoms with Crippen LogP contribution in [0.25, 0.3) is 0 Å². The fraction of sp³-hybridized carbons (Fsp3) is 0.364. The van der Waals surface area contributed by atoms with Crippen molar-refractivity contribution in [1.29, 1.82) is 0 Å². The number of hydrogen-bond donors (Lipinski definition) is 2. The molecule has 1 saturated carbocycles. The fourth-order valence-corrected chi connectivity index (χ4v) is 1.34. The van der Waals surface area contributed by atoms with Gasteiger partial charge in [-0.2, -0.15) is 0 Å². The van der Waals surface area contributed by atoms with E-state index in [2.05, 4.69) is 0 Å². The first kappa shape index (κ1) is 9.98. The van der Waals surface area contributed by atoms with Crippen molar-refractivity contribution in [2.24, 2.45) is 5.73 Å². The van der Waals surface area contributed by atoms with Crippen molar-refractivity contribution in [2.75, 3.05) is 0 Å². The Labute approximate surface area is 87.7 Å². The SMILES string of the molecule is NCc1ccc(OC2CC2)c(C(=O)O)c1. The number of hydrogen-bond acceptors (Lipinski definition) is 3. The molecule has 2 rings (SSSR count). The molecule has 1 aliphatic carbocycles. The molecule has 0 aromatic heterocycles. The minimum Gasteiger partial charge on any atom is -0.490 e. The Bertz CT molecular complexity index is 385. The first-order chi connectivity index (χ1) is 7.20. The monoisotopic (exact) mass is 207 g/mol. The summed E-state index contributed by atoms with van der Waals surface area (Å²) in [6.45, 7) is 0.337. The van der Waals surface area contributed by atoms with E-state index in [0.717, 1.165) is 18.4 Å². The second-order valence-corrected chi connectivity index (χ2v) is 3.66. The van der Waals surface area contributed by atoms with Crippen molar-refractivity contribution < 1.29 is 14.6 Å². The van der Waals surface area contributed by atoms with Gasteiger partial charge >= 0.3 is 5.97 Å². The van der Waals surface area contributed by atoms with Crippen LogP contribution in [0.3, 0.4) is 0 Å². The lowest BCUT2D eigenvalue weighted by molar-refractivity contribution is 0.0692. The van der Waals surface area contributed by atoms with Crippen LogP contribution in [0, 0.1) is 0 Å². The van der Waals surface area contributed by atoms with Gasteiger partial charge in [0.1, 0.15) is 11.3 Å². The van der Waals surface area contributed by atoms with Gasteiger partial charge in [0.15, 0.2) is 0 Å². The summed E-state index contributed by atoms with van der Waals surface area (Å²) in [6.07, 6.45) is 2.22. The lowest BCUT2D eigenvalue weighted by Gasteiger charge is -2.09. The third kappa shape index (κ3) is 2.27. The Morgan fingerprint density at radius 3 is 2.80 bits per heavy atom. The zero-order chi connectivity index (χ0) is 10.8. The Morgan fingerprint density at radius 1 is 1.53 bits per heavy atom. The van der Waals surface area contributed by atoms with E-state index in [0.29, 0.717) is 12.3 Å². The van der Waals surface area contributed by atoms with Gasteiger partial charge in [0, 0.05) is 6.54 Å². The smallest absolute Gasteiger partial charge is 0.339 e. The molecule has 80 valence electrons. The number of rotatable bonds is 4. The fourth-order valence-electron chi connectivity index (χ4n) is 1.34. The van der Waals surface area contributed by atoms with Gasteiger partial charge in [0.25, 0.3) is 0 Å². The van der Waals surface area contributed by atoms with Gasteiger partial charge in [-0.3, -0.25) is 0 Å². The Morgan fingerprint density at radius 2 is 2.27 bits per heavy atom. The molecule has 4 nitrogen and oxygen atoms in total. The predicted octanol–water partition coefficient (Wildman–Crippen LogP) is 1.38. The summed E-state index contributed by atoms with van der Waals surface area (Å²) < 4.78 is 5.50. The zero-order valence-electron chi connectivity index (χ0n) is 8.27. The van der Waals surface area contributed by atoms with Crippen LogP contribution >= 0.6 is 0 Å². The van der Waals surface area contributed by atoms with E-state index in [1.807, 2.05) is 0 Å². The minimum absolute atomic E-state index is 0.199. The molecule has 0 aliphatic heterocycles. The number of carboxylic acid groups (broad SMARTS) is 1. The lowest BCUT2D eigenvalue weighted by Crippen LogP contribution is -2.06. The Balaban J connectivity index is 2.29. The molecule has 0 heterocycles. The third-order valence-corrected chi connectivity index (χ3v) is 2.33. The molecule has 1 fully saturated rings. The molecule has 0 saturated heterocycles. The molecule has 0 spiro atoms. The molecule has 0 radical (unpaired) electrons. The number of ether oxygens (including phenoxy) is 1. The zero-order valence-corrected chi connectivity index (χ0v) is 8.27. The molecular weight excluding hydrogens is 194 g/mol. The minimum atomic E-state index is -0.971. The summed E-state index contributed by atoms with van der Waals surface area (Å²) in [5.41, 5.74) is 6.45. The lowest BCUT2D eigenvalue weighted by atomic mass is 10.1. The van der Waals surface area contributed by atoms with Crippen molar-refractivity contribution in [2.45, 2.75) is 25.5 Å². The second kappa shape index (κ2) is 3.90. The van der Waals surface area contributed by atoms with Crippen LogP contribution in [0.15, 0.2) is 18.2 Å².